The van der Waals surface area contributed by atoms with E-state index >= 15 is 0 Å². The third-order valence-electron chi connectivity index (χ3n) is 3.05. The summed E-state index contributed by atoms with van der Waals surface area (Å²) in [6, 6.07) is 5.13. The van der Waals surface area contributed by atoms with Crippen LogP contribution in [0.4, 0.5) is 10.5 Å². The Bertz CT molecular complexity index is 576. The van der Waals surface area contributed by atoms with Crippen molar-refractivity contribution in [3.63, 3.8) is 0 Å². The van der Waals surface area contributed by atoms with Crippen LogP contribution in [0.5, 0.6) is 0 Å². The van der Waals surface area contributed by atoms with Crippen LogP contribution in [0.25, 0.3) is 0 Å². The smallest absolute Gasteiger partial charge is 0.319 e. The summed E-state index contributed by atoms with van der Waals surface area (Å²) in [5.74, 6) is 0.189. The number of aryl methyl sites for hydroxylation is 2. The van der Waals surface area contributed by atoms with E-state index in [0.717, 1.165) is 16.8 Å². The Labute approximate surface area is 113 Å². The van der Waals surface area contributed by atoms with Gasteiger partial charge in [-0.05, 0) is 43.5 Å². The number of carbonyl (C=O) groups is 1. The fraction of sp³-hybridized carbons (Fsp3) is 0.462. The van der Waals surface area contributed by atoms with Gasteiger partial charge < -0.3 is 10.6 Å². The number of carbonyl (C=O) groups excluding carboxylic acids is 1. The van der Waals surface area contributed by atoms with E-state index in [-0.39, 0.29) is 23.6 Å². The van der Waals surface area contributed by atoms with Crippen LogP contribution in [0, 0.1) is 13.8 Å². The molecule has 0 saturated carbocycles. The molecule has 2 rings (SSSR count). The lowest BCUT2D eigenvalue weighted by Crippen LogP contribution is -2.38. The first-order valence-electron chi connectivity index (χ1n) is 6.20. The van der Waals surface area contributed by atoms with Gasteiger partial charge in [-0.3, -0.25) is 0 Å². The number of amides is 2. The van der Waals surface area contributed by atoms with E-state index < -0.39 is 9.84 Å². The highest BCUT2D eigenvalue weighted by Crippen LogP contribution is 2.15. The van der Waals surface area contributed by atoms with E-state index in [9.17, 15) is 13.2 Å². The molecule has 0 aliphatic carbocycles. The summed E-state index contributed by atoms with van der Waals surface area (Å²) in [6.07, 6.45) is 0.489. The predicted octanol–water partition coefficient (Wildman–Crippen LogP) is 1.61. The lowest BCUT2D eigenvalue weighted by molar-refractivity contribution is 0.249. The fourth-order valence-corrected chi connectivity index (χ4v) is 3.98. The number of rotatable bonds is 2. The minimum Gasteiger partial charge on any atom is -0.334 e. The van der Waals surface area contributed by atoms with Crippen molar-refractivity contribution >= 4 is 21.6 Å². The van der Waals surface area contributed by atoms with Crippen LogP contribution in [-0.4, -0.2) is 32.0 Å². The molecule has 5 nitrogen and oxygen atoms in total. The zero-order chi connectivity index (χ0) is 14.0. The summed E-state index contributed by atoms with van der Waals surface area (Å²) in [5.41, 5.74) is 2.85. The first-order chi connectivity index (χ1) is 8.84. The minimum atomic E-state index is -2.97. The Morgan fingerprint density at radius 1 is 1.21 bits per heavy atom. The zero-order valence-electron chi connectivity index (χ0n) is 11.1. The highest BCUT2D eigenvalue weighted by Gasteiger charge is 2.28. The molecule has 0 bridgehead atoms. The van der Waals surface area contributed by atoms with Gasteiger partial charge in [-0.1, -0.05) is 6.07 Å². The van der Waals surface area contributed by atoms with Crippen molar-refractivity contribution in [2.45, 2.75) is 26.3 Å². The van der Waals surface area contributed by atoms with Gasteiger partial charge in [0, 0.05) is 11.7 Å². The first-order valence-corrected chi connectivity index (χ1v) is 8.02. The van der Waals surface area contributed by atoms with E-state index in [2.05, 4.69) is 10.6 Å². The number of anilines is 1. The molecule has 1 unspecified atom stereocenters. The number of urea groups is 1. The maximum absolute atomic E-state index is 11.8. The van der Waals surface area contributed by atoms with Crippen molar-refractivity contribution < 1.29 is 13.2 Å². The van der Waals surface area contributed by atoms with Crippen molar-refractivity contribution in [1.82, 2.24) is 5.32 Å². The molecular formula is C13H18N2O3S. The number of hydrogen-bond acceptors (Lipinski definition) is 3. The van der Waals surface area contributed by atoms with Gasteiger partial charge in [0.25, 0.3) is 0 Å². The zero-order valence-corrected chi connectivity index (χ0v) is 11.9. The Hall–Kier alpha value is -1.56. The molecule has 0 spiro atoms. The Morgan fingerprint density at radius 3 is 2.37 bits per heavy atom. The molecule has 0 aromatic heterocycles. The molecule has 6 heteroatoms. The van der Waals surface area contributed by atoms with Gasteiger partial charge in [0.05, 0.1) is 11.5 Å². The lowest BCUT2D eigenvalue weighted by Gasteiger charge is -2.12. The summed E-state index contributed by atoms with van der Waals surface area (Å²) in [6.45, 7) is 3.92. The number of nitrogens with one attached hydrogen (secondary N) is 2. The van der Waals surface area contributed by atoms with E-state index in [4.69, 9.17) is 0 Å². The van der Waals surface area contributed by atoms with Gasteiger partial charge in [-0.2, -0.15) is 0 Å². The highest BCUT2D eigenvalue weighted by atomic mass is 32.2. The van der Waals surface area contributed by atoms with Gasteiger partial charge in [0.2, 0.25) is 0 Å². The molecule has 1 aliphatic heterocycles. The molecule has 1 saturated heterocycles. The van der Waals surface area contributed by atoms with Crippen LogP contribution in [-0.2, 0) is 9.84 Å². The summed E-state index contributed by atoms with van der Waals surface area (Å²) in [5, 5.41) is 5.43. The van der Waals surface area contributed by atoms with E-state index in [1.165, 1.54) is 0 Å². The molecule has 2 amide bonds. The SMILES string of the molecule is Cc1cc(C)cc(NC(=O)NC2CCS(=O)(=O)C2)c1. The van der Waals surface area contributed by atoms with Crippen LogP contribution in [0.2, 0.25) is 0 Å². The third kappa shape index (κ3) is 3.96. The normalized spacial score (nSPS) is 21.1. The second kappa shape index (κ2) is 5.21. The molecule has 1 fully saturated rings. The van der Waals surface area contributed by atoms with Crippen LogP contribution >= 0.6 is 0 Å². The second-order valence-corrected chi connectivity index (χ2v) is 7.30. The number of benzene rings is 1. The topological polar surface area (TPSA) is 75.3 Å². The predicted molar refractivity (Wildman–Crippen MR) is 75.1 cm³/mol. The van der Waals surface area contributed by atoms with Crippen molar-refractivity contribution in [3.8, 4) is 0 Å². The molecule has 0 radical (unpaired) electrons. The van der Waals surface area contributed by atoms with E-state index in [1.54, 1.807) is 0 Å². The van der Waals surface area contributed by atoms with E-state index in [0.29, 0.717) is 6.42 Å². The molecule has 2 N–H and O–H groups in total. The maximum Gasteiger partial charge on any atom is 0.319 e. The van der Waals surface area contributed by atoms with Crippen molar-refractivity contribution in [2.75, 3.05) is 16.8 Å². The average molecular weight is 282 g/mol. The van der Waals surface area contributed by atoms with Crippen LogP contribution in [0.15, 0.2) is 18.2 Å². The molecule has 1 atom stereocenters. The standard InChI is InChI=1S/C13H18N2O3S/c1-9-5-10(2)7-12(6-9)15-13(16)14-11-3-4-19(17,18)8-11/h5-7,11H,3-4,8H2,1-2H3,(H2,14,15,16). The van der Waals surface area contributed by atoms with Crippen molar-refractivity contribution in [1.29, 1.82) is 0 Å². The second-order valence-electron chi connectivity index (χ2n) is 5.07. The summed E-state index contributed by atoms with van der Waals surface area (Å²) in [4.78, 5) is 11.8. The molecule has 1 heterocycles. The summed E-state index contributed by atoms with van der Waals surface area (Å²) >= 11 is 0. The average Bonchev–Trinajstić information content (AvgIpc) is 2.55. The van der Waals surface area contributed by atoms with Gasteiger partial charge in [-0.15, -0.1) is 0 Å². The van der Waals surface area contributed by atoms with Gasteiger partial charge in [0.15, 0.2) is 9.84 Å². The molecule has 19 heavy (non-hydrogen) atoms. The largest absolute Gasteiger partial charge is 0.334 e. The summed E-state index contributed by atoms with van der Waals surface area (Å²) < 4.78 is 22.6. The van der Waals surface area contributed by atoms with Gasteiger partial charge in [-0.25, -0.2) is 13.2 Å². The monoisotopic (exact) mass is 282 g/mol. The Kier molecular flexibility index (Phi) is 3.80. The molecule has 1 aromatic rings. The van der Waals surface area contributed by atoms with Crippen LogP contribution in [0.3, 0.4) is 0 Å². The minimum absolute atomic E-state index is 0.0350. The number of sulfone groups is 1. The lowest BCUT2D eigenvalue weighted by atomic mass is 10.1. The fourth-order valence-electron chi connectivity index (χ4n) is 2.31. The van der Waals surface area contributed by atoms with E-state index in [1.807, 2.05) is 32.0 Å². The first kappa shape index (κ1) is 13.9. The molecule has 1 aromatic carbocycles. The Balaban J connectivity index is 1.95. The number of hydrogen-bond donors (Lipinski definition) is 2. The Morgan fingerprint density at radius 2 is 1.84 bits per heavy atom. The van der Waals surface area contributed by atoms with Crippen LogP contribution in [0.1, 0.15) is 17.5 Å². The van der Waals surface area contributed by atoms with Crippen LogP contribution < -0.4 is 10.6 Å². The summed E-state index contributed by atoms with van der Waals surface area (Å²) in [7, 11) is -2.97. The van der Waals surface area contributed by atoms with Gasteiger partial charge in [0.1, 0.15) is 0 Å². The third-order valence-corrected chi connectivity index (χ3v) is 4.82. The van der Waals surface area contributed by atoms with Crippen molar-refractivity contribution in [2.24, 2.45) is 0 Å². The maximum atomic E-state index is 11.8. The highest BCUT2D eigenvalue weighted by molar-refractivity contribution is 7.91. The molecule has 1 aliphatic rings. The molecule has 104 valence electrons. The van der Waals surface area contributed by atoms with Gasteiger partial charge >= 0.3 is 6.03 Å². The molecular weight excluding hydrogens is 264 g/mol. The van der Waals surface area contributed by atoms with Crippen molar-refractivity contribution in [3.05, 3.63) is 29.3 Å². The quantitative estimate of drug-likeness (QED) is 0.865.